The maximum atomic E-state index is 6.11. The molecule has 29 heavy (non-hydrogen) atoms. The van der Waals surface area contributed by atoms with Crippen molar-refractivity contribution in [3.63, 3.8) is 0 Å². The van der Waals surface area contributed by atoms with Crippen LogP contribution in [-0.4, -0.2) is 16.6 Å². The fraction of sp³-hybridized carbons (Fsp3) is 0.615. The molecule has 0 unspecified atom stereocenters. The van der Waals surface area contributed by atoms with Gasteiger partial charge in [0, 0.05) is 18.2 Å². The van der Waals surface area contributed by atoms with Crippen molar-refractivity contribution in [3.05, 3.63) is 42.4 Å². The Bertz CT molecular complexity index is 671. The first-order valence-corrected chi connectivity index (χ1v) is 11.9. The SMILES string of the molecule is CCCCCCCCOc1ccccc1-c1ccnc(CCCCCCCC)n1. The lowest BCUT2D eigenvalue weighted by Crippen LogP contribution is -2.01. The summed E-state index contributed by atoms with van der Waals surface area (Å²) in [5, 5.41) is 0. The number of unbranched alkanes of at least 4 members (excludes halogenated alkanes) is 10. The lowest BCUT2D eigenvalue weighted by Gasteiger charge is -2.12. The van der Waals surface area contributed by atoms with E-state index in [2.05, 4.69) is 37.0 Å². The number of para-hydroxylation sites is 1. The van der Waals surface area contributed by atoms with Gasteiger partial charge in [-0.2, -0.15) is 0 Å². The van der Waals surface area contributed by atoms with Crippen molar-refractivity contribution in [1.29, 1.82) is 0 Å². The Morgan fingerprint density at radius 3 is 2.14 bits per heavy atom. The maximum Gasteiger partial charge on any atom is 0.128 e. The van der Waals surface area contributed by atoms with Crippen LogP contribution < -0.4 is 4.74 Å². The van der Waals surface area contributed by atoms with Gasteiger partial charge in [0.25, 0.3) is 0 Å². The third kappa shape index (κ3) is 9.43. The molecule has 1 aromatic heterocycles. The molecule has 0 aliphatic carbocycles. The van der Waals surface area contributed by atoms with E-state index in [4.69, 9.17) is 9.72 Å². The first kappa shape index (κ1) is 23.4. The number of aromatic nitrogens is 2. The van der Waals surface area contributed by atoms with Gasteiger partial charge in [-0.05, 0) is 31.0 Å². The van der Waals surface area contributed by atoms with Gasteiger partial charge >= 0.3 is 0 Å². The van der Waals surface area contributed by atoms with E-state index in [-0.39, 0.29) is 0 Å². The molecule has 0 saturated heterocycles. The molecule has 0 spiro atoms. The lowest BCUT2D eigenvalue weighted by molar-refractivity contribution is 0.305. The number of aryl methyl sites for hydroxylation is 1. The van der Waals surface area contributed by atoms with Crippen molar-refractivity contribution < 1.29 is 4.74 Å². The van der Waals surface area contributed by atoms with Crippen LogP contribution in [0.4, 0.5) is 0 Å². The molecule has 0 N–H and O–H groups in total. The molecular weight excluding hydrogens is 356 g/mol. The van der Waals surface area contributed by atoms with Crippen LogP contribution in [-0.2, 0) is 6.42 Å². The van der Waals surface area contributed by atoms with E-state index in [0.29, 0.717) is 0 Å². The predicted molar refractivity (Wildman–Crippen MR) is 123 cm³/mol. The van der Waals surface area contributed by atoms with Crippen molar-refractivity contribution in [2.75, 3.05) is 6.61 Å². The van der Waals surface area contributed by atoms with Gasteiger partial charge in [-0.15, -0.1) is 0 Å². The Balaban J connectivity index is 1.84. The molecule has 3 heteroatoms. The summed E-state index contributed by atoms with van der Waals surface area (Å²) < 4.78 is 6.11. The number of hydrogen-bond donors (Lipinski definition) is 0. The van der Waals surface area contributed by atoms with Crippen LogP contribution >= 0.6 is 0 Å². The summed E-state index contributed by atoms with van der Waals surface area (Å²) in [6, 6.07) is 10.3. The van der Waals surface area contributed by atoms with Crippen molar-refractivity contribution in [2.45, 2.75) is 97.3 Å². The van der Waals surface area contributed by atoms with Crippen LogP contribution in [0.2, 0.25) is 0 Å². The highest BCUT2D eigenvalue weighted by Crippen LogP contribution is 2.28. The second-order valence-corrected chi connectivity index (χ2v) is 7.99. The van der Waals surface area contributed by atoms with Gasteiger partial charge in [-0.3, -0.25) is 0 Å². The molecule has 0 radical (unpaired) electrons. The quantitative estimate of drug-likeness (QED) is 0.272. The summed E-state index contributed by atoms with van der Waals surface area (Å²) in [6.07, 6.45) is 18.3. The Hall–Kier alpha value is -1.90. The molecule has 1 heterocycles. The standard InChI is InChI=1S/C26H40N2O/c1-3-5-7-9-11-13-19-26-27-21-20-24(28-26)23-17-14-15-18-25(23)29-22-16-12-10-8-6-4-2/h14-15,17-18,20-21H,3-13,16,19,22H2,1-2H3. The van der Waals surface area contributed by atoms with Crippen LogP contribution in [0.1, 0.15) is 96.7 Å². The molecule has 1 aromatic carbocycles. The first-order chi connectivity index (χ1) is 14.3. The summed E-state index contributed by atoms with van der Waals surface area (Å²) in [7, 11) is 0. The van der Waals surface area contributed by atoms with Gasteiger partial charge in [0.05, 0.1) is 12.3 Å². The molecule has 3 nitrogen and oxygen atoms in total. The molecule has 2 rings (SSSR count). The van der Waals surface area contributed by atoms with Crippen LogP contribution in [0.3, 0.4) is 0 Å². The summed E-state index contributed by atoms with van der Waals surface area (Å²) in [5.74, 6) is 1.88. The predicted octanol–water partition coefficient (Wildman–Crippen LogP) is 7.79. The third-order valence-electron chi connectivity index (χ3n) is 5.38. The highest BCUT2D eigenvalue weighted by atomic mass is 16.5. The molecule has 0 aliphatic rings. The summed E-state index contributed by atoms with van der Waals surface area (Å²) in [6.45, 7) is 5.29. The number of nitrogens with zero attached hydrogens (tertiary/aromatic N) is 2. The van der Waals surface area contributed by atoms with E-state index < -0.39 is 0 Å². The molecule has 160 valence electrons. The number of ether oxygens (including phenoxy) is 1. The van der Waals surface area contributed by atoms with Crippen molar-refractivity contribution in [2.24, 2.45) is 0 Å². The third-order valence-corrected chi connectivity index (χ3v) is 5.38. The highest BCUT2D eigenvalue weighted by molar-refractivity contribution is 5.66. The zero-order valence-corrected chi connectivity index (χ0v) is 18.7. The molecular formula is C26H40N2O. The highest BCUT2D eigenvalue weighted by Gasteiger charge is 2.08. The first-order valence-electron chi connectivity index (χ1n) is 11.9. The maximum absolute atomic E-state index is 6.11. The van der Waals surface area contributed by atoms with Crippen molar-refractivity contribution >= 4 is 0 Å². The van der Waals surface area contributed by atoms with Gasteiger partial charge in [0.1, 0.15) is 11.6 Å². The normalized spacial score (nSPS) is 11.0. The molecule has 0 amide bonds. The fourth-order valence-electron chi connectivity index (χ4n) is 3.60. The molecule has 0 aliphatic heterocycles. The van der Waals surface area contributed by atoms with Crippen molar-refractivity contribution in [3.8, 4) is 17.0 Å². The minimum atomic E-state index is 0.777. The topological polar surface area (TPSA) is 35.0 Å². The summed E-state index contributed by atoms with van der Waals surface area (Å²) >= 11 is 0. The molecule has 0 fully saturated rings. The monoisotopic (exact) mass is 396 g/mol. The zero-order chi connectivity index (χ0) is 20.6. The Morgan fingerprint density at radius 2 is 1.38 bits per heavy atom. The van der Waals surface area contributed by atoms with Crippen molar-refractivity contribution in [1.82, 2.24) is 9.97 Å². The second-order valence-electron chi connectivity index (χ2n) is 7.99. The van der Waals surface area contributed by atoms with E-state index in [9.17, 15) is 0 Å². The van der Waals surface area contributed by atoms with E-state index in [1.165, 1.54) is 70.6 Å². The number of hydrogen-bond acceptors (Lipinski definition) is 3. The summed E-state index contributed by atoms with van der Waals surface area (Å²) in [5.41, 5.74) is 2.05. The summed E-state index contributed by atoms with van der Waals surface area (Å²) in [4.78, 5) is 9.31. The second kappa shape index (κ2) is 15.0. The average molecular weight is 397 g/mol. The van der Waals surface area contributed by atoms with Gasteiger partial charge < -0.3 is 4.74 Å². The fourth-order valence-corrected chi connectivity index (χ4v) is 3.60. The van der Waals surface area contributed by atoms with E-state index in [0.717, 1.165) is 42.3 Å². The van der Waals surface area contributed by atoms with Crippen LogP contribution in [0.25, 0.3) is 11.3 Å². The van der Waals surface area contributed by atoms with Crippen LogP contribution in [0.15, 0.2) is 36.5 Å². The minimum absolute atomic E-state index is 0.777. The lowest BCUT2D eigenvalue weighted by atomic mass is 10.1. The molecule has 2 aromatic rings. The van der Waals surface area contributed by atoms with Gasteiger partial charge in [0.2, 0.25) is 0 Å². The number of benzene rings is 1. The average Bonchev–Trinajstić information content (AvgIpc) is 2.76. The molecule has 0 saturated carbocycles. The molecule has 0 bridgehead atoms. The molecule has 0 atom stereocenters. The Morgan fingerprint density at radius 1 is 0.724 bits per heavy atom. The minimum Gasteiger partial charge on any atom is -0.493 e. The van der Waals surface area contributed by atoms with Gasteiger partial charge in [0.15, 0.2) is 0 Å². The Kier molecular flexibility index (Phi) is 12.1. The van der Waals surface area contributed by atoms with E-state index >= 15 is 0 Å². The Labute approximate surface area is 178 Å². The van der Waals surface area contributed by atoms with Crippen LogP contribution in [0.5, 0.6) is 5.75 Å². The smallest absolute Gasteiger partial charge is 0.128 e. The van der Waals surface area contributed by atoms with E-state index in [1.807, 2.05) is 18.3 Å². The largest absolute Gasteiger partial charge is 0.493 e. The van der Waals surface area contributed by atoms with E-state index in [1.54, 1.807) is 0 Å². The van der Waals surface area contributed by atoms with Gasteiger partial charge in [-0.25, -0.2) is 9.97 Å². The van der Waals surface area contributed by atoms with Crippen LogP contribution in [0, 0.1) is 0 Å². The van der Waals surface area contributed by atoms with Gasteiger partial charge in [-0.1, -0.05) is 90.2 Å². The zero-order valence-electron chi connectivity index (χ0n) is 18.7. The number of rotatable bonds is 16.